The molecule has 9 heteroatoms. The fourth-order valence-corrected chi connectivity index (χ4v) is 4.58. The number of nitrogens with zero attached hydrogens (tertiary/aromatic N) is 2. The summed E-state index contributed by atoms with van der Waals surface area (Å²) in [6, 6.07) is 21.3. The van der Waals surface area contributed by atoms with E-state index in [1.807, 2.05) is 37.3 Å². The highest BCUT2D eigenvalue weighted by Gasteiger charge is 2.40. The van der Waals surface area contributed by atoms with E-state index in [4.69, 9.17) is 16.0 Å². The summed E-state index contributed by atoms with van der Waals surface area (Å²) in [4.78, 5) is 44.2. The number of amides is 2. The van der Waals surface area contributed by atoms with E-state index in [-0.39, 0.29) is 19.8 Å². The molecular weight excluding hydrogens is 522 g/mol. The third-order valence-corrected chi connectivity index (χ3v) is 7.13. The number of rotatable bonds is 9. The van der Waals surface area contributed by atoms with Gasteiger partial charge in [0.05, 0.1) is 18.6 Å². The molecule has 0 aromatic heterocycles. The summed E-state index contributed by atoms with van der Waals surface area (Å²) in [6.45, 7) is 13.1. The average Bonchev–Trinajstić information content (AvgIpc) is 3.00. The van der Waals surface area contributed by atoms with E-state index in [0.717, 1.165) is 11.1 Å². The van der Waals surface area contributed by atoms with Gasteiger partial charge in [-0.1, -0.05) is 55.5 Å². The number of aryl methyl sites for hydroxylation is 1. The van der Waals surface area contributed by atoms with Crippen LogP contribution in [0, 0.1) is 6.57 Å². The lowest BCUT2D eigenvalue weighted by Crippen LogP contribution is -2.55. The van der Waals surface area contributed by atoms with Crippen molar-refractivity contribution >= 4 is 34.8 Å². The molecule has 1 saturated heterocycles. The molecule has 3 aromatic carbocycles. The summed E-state index contributed by atoms with van der Waals surface area (Å²) in [5.41, 5.74) is 2.70. The Morgan fingerprint density at radius 1 is 1.15 bits per heavy atom. The maximum Gasteiger partial charge on any atom is 0.316 e. The molecule has 2 atom stereocenters. The van der Waals surface area contributed by atoms with Gasteiger partial charge in [0.15, 0.2) is 17.9 Å². The van der Waals surface area contributed by atoms with Crippen molar-refractivity contribution in [3.8, 4) is 0 Å². The number of carbonyl (C=O) groups is 3. The van der Waals surface area contributed by atoms with E-state index in [9.17, 15) is 19.5 Å². The zero-order chi connectivity index (χ0) is 29.6. The molecule has 2 N–H and O–H groups in total. The maximum absolute atomic E-state index is 13.4. The number of esters is 1. The largest absolute Gasteiger partial charge is 0.460 e. The number of hydrogen-bond acceptors (Lipinski definition) is 6. The molecule has 2 amide bonds. The Morgan fingerprint density at radius 3 is 2.61 bits per heavy atom. The summed E-state index contributed by atoms with van der Waals surface area (Å²) < 4.78 is 11.1. The minimum atomic E-state index is -1.76. The van der Waals surface area contributed by atoms with E-state index in [0.29, 0.717) is 29.0 Å². The van der Waals surface area contributed by atoms with Crippen LogP contribution in [-0.4, -0.2) is 48.2 Å². The van der Waals surface area contributed by atoms with Crippen LogP contribution >= 0.6 is 0 Å². The van der Waals surface area contributed by atoms with Gasteiger partial charge in [0.25, 0.3) is 11.8 Å². The number of aliphatic hydroxyl groups excluding tert-OH is 1. The summed E-state index contributed by atoms with van der Waals surface area (Å²) in [7, 11) is 0. The van der Waals surface area contributed by atoms with E-state index in [2.05, 4.69) is 10.2 Å². The minimum Gasteiger partial charge on any atom is -0.460 e. The summed E-state index contributed by atoms with van der Waals surface area (Å²) in [5.74, 6) is -1.77. The number of nitrogens with one attached hydrogen (secondary N) is 1. The smallest absolute Gasteiger partial charge is 0.316 e. The quantitative estimate of drug-likeness (QED) is 0.296. The molecule has 4 rings (SSSR count). The van der Waals surface area contributed by atoms with Crippen molar-refractivity contribution in [2.75, 3.05) is 23.4 Å². The molecule has 41 heavy (non-hydrogen) atoms. The first-order valence-electron chi connectivity index (χ1n) is 13.4. The topological polar surface area (TPSA) is 110 Å². The molecule has 0 unspecified atom stereocenters. The van der Waals surface area contributed by atoms with Crippen molar-refractivity contribution in [1.29, 1.82) is 0 Å². The van der Waals surface area contributed by atoms with Crippen LogP contribution in [0.4, 0.5) is 17.1 Å². The second-order valence-electron chi connectivity index (χ2n) is 10.3. The van der Waals surface area contributed by atoms with Crippen molar-refractivity contribution in [2.24, 2.45) is 0 Å². The highest BCUT2D eigenvalue weighted by Crippen LogP contribution is 2.30. The van der Waals surface area contributed by atoms with Crippen molar-refractivity contribution < 1.29 is 29.0 Å². The lowest BCUT2D eigenvalue weighted by Gasteiger charge is -2.34. The van der Waals surface area contributed by atoms with Gasteiger partial charge in [-0.25, -0.2) is 4.85 Å². The summed E-state index contributed by atoms with van der Waals surface area (Å²) in [6.07, 6.45) is -2.57. The van der Waals surface area contributed by atoms with E-state index in [1.54, 1.807) is 56.3 Å². The number of hydrogen-bond donors (Lipinski definition) is 2. The lowest BCUT2D eigenvalue weighted by atomic mass is 9.84. The van der Waals surface area contributed by atoms with Crippen LogP contribution in [0.3, 0.4) is 0 Å². The second-order valence-corrected chi connectivity index (χ2v) is 10.3. The standard InChI is InChI=1S/C32H33N3O6/c1-5-22-18-24(14-15-26(22)33-4)34-29(37)27(36)28-30(38)35(16-17-40-28)25-13-9-12-23(19-25)32(2,3)31(39)41-20-21-10-7-6-8-11-21/h6-15,18-19,27-28,36H,5,16-17,20H2,1-3H3,(H,34,37)/t27-,28-/m1/s1. The summed E-state index contributed by atoms with van der Waals surface area (Å²) >= 11 is 0. The molecule has 0 spiro atoms. The van der Waals surface area contributed by atoms with Gasteiger partial charge in [-0.15, -0.1) is 0 Å². The van der Waals surface area contributed by atoms with Crippen molar-refractivity contribution in [2.45, 2.75) is 51.4 Å². The monoisotopic (exact) mass is 555 g/mol. The third kappa shape index (κ3) is 6.62. The minimum absolute atomic E-state index is 0.104. The van der Waals surface area contributed by atoms with Gasteiger partial charge in [-0.3, -0.25) is 14.4 Å². The van der Waals surface area contributed by atoms with Crippen molar-refractivity contribution in [3.63, 3.8) is 0 Å². The molecule has 3 aromatic rings. The third-order valence-electron chi connectivity index (χ3n) is 7.13. The molecule has 1 heterocycles. The predicted octanol–water partition coefficient (Wildman–Crippen LogP) is 4.55. The Hall–Kier alpha value is -4.52. The van der Waals surface area contributed by atoms with Gasteiger partial charge in [-0.05, 0) is 61.2 Å². The Labute approximate surface area is 239 Å². The Kier molecular flexibility index (Phi) is 9.17. The van der Waals surface area contributed by atoms with Crippen molar-refractivity contribution in [1.82, 2.24) is 0 Å². The second kappa shape index (κ2) is 12.8. The Bertz CT molecular complexity index is 1460. The van der Waals surface area contributed by atoms with Gasteiger partial charge in [0.1, 0.15) is 6.61 Å². The predicted molar refractivity (Wildman–Crippen MR) is 155 cm³/mol. The van der Waals surface area contributed by atoms with Crippen LogP contribution < -0.4 is 10.2 Å². The first kappa shape index (κ1) is 29.5. The van der Waals surface area contributed by atoms with E-state index in [1.165, 1.54) is 4.90 Å². The SMILES string of the molecule is [C-]#[N+]c1ccc(NC(=O)[C@H](O)[C@H]2OCCN(c3cccc(C(C)(C)C(=O)OCc4ccccc4)c3)C2=O)cc1CC. The molecule has 1 aliphatic heterocycles. The molecule has 0 radical (unpaired) electrons. The van der Waals surface area contributed by atoms with Gasteiger partial charge in [-0.2, -0.15) is 0 Å². The molecule has 9 nitrogen and oxygen atoms in total. The number of anilines is 2. The average molecular weight is 556 g/mol. The number of morpholine rings is 1. The lowest BCUT2D eigenvalue weighted by molar-refractivity contribution is -0.150. The molecule has 0 saturated carbocycles. The zero-order valence-electron chi connectivity index (χ0n) is 23.3. The van der Waals surface area contributed by atoms with Crippen LogP contribution in [0.1, 0.15) is 37.5 Å². The van der Waals surface area contributed by atoms with E-state index >= 15 is 0 Å². The number of carbonyl (C=O) groups excluding carboxylic acids is 3. The molecule has 1 fully saturated rings. The Morgan fingerprint density at radius 2 is 1.90 bits per heavy atom. The maximum atomic E-state index is 13.4. The van der Waals surface area contributed by atoms with Gasteiger partial charge in [0, 0.05) is 17.9 Å². The van der Waals surface area contributed by atoms with Crippen LogP contribution in [0.2, 0.25) is 0 Å². The summed E-state index contributed by atoms with van der Waals surface area (Å²) in [5, 5.41) is 13.4. The molecule has 0 bridgehead atoms. The first-order valence-corrected chi connectivity index (χ1v) is 13.4. The first-order chi connectivity index (χ1) is 19.6. The Balaban J connectivity index is 1.46. The van der Waals surface area contributed by atoms with Crippen LogP contribution in [0.15, 0.2) is 72.8 Å². The molecular formula is C32H33N3O6. The van der Waals surface area contributed by atoms with E-state index < -0.39 is 35.4 Å². The van der Waals surface area contributed by atoms with Crippen LogP contribution in [0.5, 0.6) is 0 Å². The molecule has 0 aliphatic carbocycles. The fourth-order valence-electron chi connectivity index (χ4n) is 4.58. The number of ether oxygens (including phenoxy) is 2. The number of aliphatic hydroxyl groups is 1. The number of benzene rings is 3. The van der Waals surface area contributed by atoms with Gasteiger partial charge in [0.2, 0.25) is 0 Å². The normalized spacial score (nSPS) is 16.0. The molecule has 212 valence electrons. The van der Waals surface area contributed by atoms with Crippen LogP contribution in [0.25, 0.3) is 4.85 Å². The van der Waals surface area contributed by atoms with Crippen LogP contribution in [-0.2, 0) is 42.3 Å². The molecule has 1 aliphatic rings. The zero-order valence-corrected chi connectivity index (χ0v) is 23.3. The van der Waals surface area contributed by atoms with Crippen molar-refractivity contribution in [3.05, 3.63) is 101 Å². The highest BCUT2D eigenvalue weighted by molar-refractivity contribution is 6.04. The fraction of sp³-hybridized carbons (Fsp3) is 0.312. The van der Waals surface area contributed by atoms with Gasteiger partial charge >= 0.3 is 5.97 Å². The van der Waals surface area contributed by atoms with Gasteiger partial charge < -0.3 is 24.8 Å². The highest BCUT2D eigenvalue weighted by atomic mass is 16.5.